The van der Waals surface area contributed by atoms with Gasteiger partial charge in [-0.25, -0.2) is 0 Å². The Balaban J connectivity index is 3.38. The van der Waals surface area contributed by atoms with Gasteiger partial charge in [0.25, 0.3) is 0 Å². The minimum absolute atomic E-state index is 0.0604. The van der Waals surface area contributed by atoms with Crippen LogP contribution < -0.4 is 0 Å². The Morgan fingerprint density at radius 1 is 0.434 bits per heavy atom. The lowest BCUT2D eigenvalue weighted by Gasteiger charge is -2.15. The predicted molar refractivity (Wildman–Crippen MR) is 228 cm³/mol. The number of carbonyl (C=O) groups excluding carboxylic acids is 2. The van der Waals surface area contributed by atoms with Crippen LogP contribution in [0.15, 0.2) is 24.3 Å². The predicted octanol–water partition coefficient (Wildman–Crippen LogP) is 15.0. The van der Waals surface area contributed by atoms with E-state index in [-0.39, 0.29) is 25.2 Å². The van der Waals surface area contributed by atoms with E-state index in [0.717, 1.165) is 44.9 Å². The van der Waals surface area contributed by atoms with Gasteiger partial charge in [0.1, 0.15) is 6.61 Å². The molecule has 1 N–H and O–H groups in total. The number of hydrogen-bond acceptors (Lipinski definition) is 5. The van der Waals surface area contributed by atoms with Crippen LogP contribution in [-0.4, -0.2) is 36.4 Å². The second kappa shape index (κ2) is 44.8. The molecule has 0 aliphatic carbocycles. The lowest BCUT2D eigenvalue weighted by molar-refractivity contribution is -0.161. The average Bonchev–Trinajstić information content (AvgIpc) is 3.16. The van der Waals surface area contributed by atoms with Gasteiger partial charge in [-0.2, -0.15) is 0 Å². The number of allylic oxidation sites excluding steroid dienone is 4. The van der Waals surface area contributed by atoms with Crippen molar-refractivity contribution in [2.75, 3.05) is 13.2 Å². The van der Waals surface area contributed by atoms with Crippen LogP contribution in [0.2, 0.25) is 0 Å². The second-order valence-corrected chi connectivity index (χ2v) is 15.8. The molecule has 5 heteroatoms. The Morgan fingerprint density at radius 3 is 1.11 bits per heavy atom. The summed E-state index contributed by atoms with van der Waals surface area (Å²) in [6, 6.07) is 0. The Kier molecular flexibility index (Phi) is 43.4. The van der Waals surface area contributed by atoms with Crippen molar-refractivity contribution in [1.82, 2.24) is 0 Å². The minimum atomic E-state index is -0.763. The highest BCUT2D eigenvalue weighted by Crippen LogP contribution is 2.16. The number of rotatable bonds is 43. The number of aliphatic hydroxyl groups excluding tert-OH is 1. The lowest BCUT2D eigenvalue weighted by Crippen LogP contribution is -2.28. The second-order valence-electron chi connectivity index (χ2n) is 15.8. The third-order valence-corrected chi connectivity index (χ3v) is 10.5. The monoisotopic (exact) mass is 747 g/mol. The summed E-state index contributed by atoms with van der Waals surface area (Å²) >= 11 is 0. The van der Waals surface area contributed by atoms with Gasteiger partial charge in [-0.05, 0) is 44.9 Å². The highest BCUT2D eigenvalue weighted by Gasteiger charge is 2.16. The van der Waals surface area contributed by atoms with Crippen molar-refractivity contribution in [3.63, 3.8) is 0 Å². The van der Waals surface area contributed by atoms with E-state index in [0.29, 0.717) is 12.8 Å². The minimum Gasteiger partial charge on any atom is -0.462 e. The van der Waals surface area contributed by atoms with Crippen molar-refractivity contribution in [2.24, 2.45) is 0 Å². The summed E-state index contributed by atoms with van der Waals surface area (Å²) in [5, 5.41) is 9.54. The number of aliphatic hydroxyl groups is 1. The van der Waals surface area contributed by atoms with Gasteiger partial charge < -0.3 is 14.6 Å². The van der Waals surface area contributed by atoms with E-state index in [1.807, 2.05) is 0 Å². The molecule has 0 bridgehead atoms. The van der Waals surface area contributed by atoms with Crippen LogP contribution in [0.3, 0.4) is 0 Å². The van der Waals surface area contributed by atoms with Crippen LogP contribution >= 0.6 is 0 Å². The molecule has 53 heavy (non-hydrogen) atoms. The zero-order chi connectivity index (χ0) is 38.6. The van der Waals surface area contributed by atoms with Crippen molar-refractivity contribution in [3.05, 3.63) is 24.3 Å². The third-order valence-electron chi connectivity index (χ3n) is 10.5. The van der Waals surface area contributed by atoms with Gasteiger partial charge in [-0.3, -0.25) is 9.59 Å². The molecule has 0 aliphatic heterocycles. The third kappa shape index (κ3) is 43.0. The topological polar surface area (TPSA) is 72.8 Å². The van der Waals surface area contributed by atoms with Gasteiger partial charge in [0.2, 0.25) is 0 Å². The van der Waals surface area contributed by atoms with E-state index < -0.39 is 6.10 Å². The largest absolute Gasteiger partial charge is 0.462 e. The molecule has 0 heterocycles. The maximum absolute atomic E-state index is 12.2. The van der Waals surface area contributed by atoms with E-state index in [2.05, 4.69) is 38.2 Å². The fourth-order valence-corrected chi connectivity index (χ4v) is 6.94. The smallest absolute Gasteiger partial charge is 0.306 e. The molecule has 0 saturated heterocycles. The van der Waals surface area contributed by atoms with E-state index in [4.69, 9.17) is 9.47 Å². The van der Waals surface area contributed by atoms with Crippen molar-refractivity contribution in [3.8, 4) is 0 Å². The van der Waals surface area contributed by atoms with Crippen molar-refractivity contribution >= 4 is 11.9 Å². The Hall–Kier alpha value is -1.62. The summed E-state index contributed by atoms with van der Waals surface area (Å²) < 4.78 is 10.6. The molecule has 1 atom stereocenters. The fraction of sp³-hybridized carbons (Fsp3) is 0.875. The summed E-state index contributed by atoms with van der Waals surface area (Å²) in [6.45, 7) is 4.11. The van der Waals surface area contributed by atoms with Crippen LogP contribution in [0.1, 0.15) is 251 Å². The number of unbranched alkanes of at least 4 members (excludes halogenated alkanes) is 31. The molecule has 5 nitrogen and oxygen atoms in total. The SMILES string of the molecule is CCCCCCC/C=C\C/C=C\CCCCCCCCCCCCCCCCCCCCCC(=O)OC(CO)COC(=O)CCCCCCCCCC. The molecular formula is C48H90O5. The molecule has 0 rings (SSSR count). The standard InChI is InChI=1S/C48H90O5/c1-3-5-7-9-11-13-14-15-16-17-18-19-20-21-22-23-24-25-26-27-28-29-30-31-32-33-34-35-37-39-41-43-48(51)53-46(44-49)45-52-47(50)42-40-38-36-12-10-8-6-4-2/h14-15,17-18,46,49H,3-13,16,19-45H2,1-2H3/b15-14-,18-17-. The maximum atomic E-state index is 12.2. The highest BCUT2D eigenvalue weighted by molar-refractivity contribution is 5.70. The highest BCUT2D eigenvalue weighted by atomic mass is 16.6. The first-order valence-electron chi connectivity index (χ1n) is 23.4. The van der Waals surface area contributed by atoms with Crippen molar-refractivity contribution in [1.29, 1.82) is 0 Å². The molecule has 0 spiro atoms. The normalized spacial score (nSPS) is 12.3. The van der Waals surface area contributed by atoms with Crippen LogP contribution in [0, 0.1) is 0 Å². The van der Waals surface area contributed by atoms with E-state index in [1.165, 1.54) is 180 Å². The van der Waals surface area contributed by atoms with Gasteiger partial charge in [0.15, 0.2) is 6.10 Å². The first-order valence-corrected chi connectivity index (χ1v) is 23.4. The molecule has 0 fully saturated rings. The summed E-state index contributed by atoms with van der Waals surface area (Å²) in [4.78, 5) is 24.2. The Morgan fingerprint density at radius 2 is 0.755 bits per heavy atom. The molecule has 0 amide bonds. The number of esters is 2. The zero-order valence-corrected chi connectivity index (χ0v) is 35.5. The first kappa shape index (κ1) is 51.4. The lowest BCUT2D eigenvalue weighted by atomic mass is 10.0. The Bertz CT molecular complexity index is 806. The Labute approximate surface area is 330 Å². The summed E-state index contributed by atoms with van der Waals surface area (Å²) in [5.41, 5.74) is 0. The summed E-state index contributed by atoms with van der Waals surface area (Å²) in [7, 11) is 0. The van der Waals surface area contributed by atoms with Crippen molar-refractivity contribution in [2.45, 2.75) is 258 Å². The molecule has 0 aromatic carbocycles. The van der Waals surface area contributed by atoms with E-state index in [1.54, 1.807) is 0 Å². The molecule has 0 aliphatic rings. The van der Waals surface area contributed by atoms with Gasteiger partial charge in [0, 0.05) is 12.8 Å². The number of hydrogen-bond donors (Lipinski definition) is 1. The van der Waals surface area contributed by atoms with Gasteiger partial charge in [0.05, 0.1) is 6.61 Å². The molecule has 1 unspecified atom stereocenters. The summed E-state index contributed by atoms with van der Waals surface area (Å²) in [5.74, 6) is -0.584. The average molecular weight is 747 g/mol. The van der Waals surface area contributed by atoms with Crippen molar-refractivity contribution < 1.29 is 24.2 Å². The fourth-order valence-electron chi connectivity index (χ4n) is 6.94. The molecule has 0 aromatic rings. The zero-order valence-electron chi connectivity index (χ0n) is 35.5. The summed E-state index contributed by atoms with van der Waals surface area (Å²) in [6.07, 6.45) is 54.3. The van der Waals surface area contributed by atoms with Crippen LogP contribution in [0.4, 0.5) is 0 Å². The van der Waals surface area contributed by atoms with Crippen LogP contribution in [-0.2, 0) is 19.1 Å². The van der Waals surface area contributed by atoms with Crippen LogP contribution in [0.5, 0.6) is 0 Å². The van der Waals surface area contributed by atoms with E-state index >= 15 is 0 Å². The molecule has 0 saturated carbocycles. The molecule has 0 aromatic heterocycles. The first-order chi connectivity index (χ1) is 26.1. The number of carbonyl (C=O) groups is 2. The quantitative estimate of drug-likeness (QED) is 0.0382. The van der Waals surface area contributed by atoms with Gasteiger partial charge in [-0.1, -0.05) is 218 Å². The molecular weight excluding hydrogens is 657 g/mol. The van der Waals surface area contributed by atoms with Gasteiger partial charge in [-0.15, -0.1) is 0 Å². The van der Waals surface area contributed by atoms with E-state index in [9.17, 15) is 14.7 Å². The van der Waals surface area contributed by atoms with Gasteiger partial charge >= 0.3 is 11.9 Å². The number of ether oxygens (including phenoxy) is 2. The maximum Gasteiger partial charge on any atom is 0.306 e. The van der Waals surface area contributed by atoms with Crippen LogP contribution in [0.25, 0.3) is 0 Å². The molecule has 0 radical (unpaired) electrons. The molecule has 312 valence electrons.